The summed E-state index contributed by atoms with van der Waals surface area (Å²) < 4.78 is 0. The number of aryl methyl sites for hydroxylation is 1. The summed E-state index contributed by atoms with van der Waals surface area (Å²) in [4.78, 5) is 17.8. The van der Waals surface area contributed by atoms with Crippen molar-refractivity contribution in [3.63, 3.8) is 0 Å². The van der Waals surface area contributed by atoms with Gasteiger partial charge in [-0.3, -0.25) is 9.69 Å². The van der Waals surface area contributed by atoms with Gasteiger partial charge < -0.3 is 10.2 Å². The minimum atomic E-state index is 0.123. The number of carbonyl (C=O) groups is 1. The van der Waals surface area contributed by atoms with Crippen molar-refractivity contribution in [3.8, 4) is 0 Å². The van der Waals surface area contributed by atoms with E-state index in [0.29, 0.717) is 6.42 Å². The summed E-state index contributed by atoms with van der Waals surface area (Å²) in [7, 11) is 0. The van der Waals surface area contributed by atoms with E-state index >= 15 is 0 Å². The number of nitrogens with one attached hydrogen (secondary N) is 1. The molecule has 2 aliphatic heterocycles. The first-order valence-corrected chi connectivity index (χ1v) is 11.6. The molecule has 0 saturated carbocycles. The standard InChI is InChI=1S/C24H29N3OS/c1-29-22-9-7-21(8-10-22)27-16-14-26(15-17-27)13-3-2-4-19-5-11-23-20(18-19)6-12-24(28)25-23/h2,4-5,7-11,18H,3,6,12-17H2,1H3,(H,25,28). The molecular weight excluding hydrogens is 378 g/mol. The molecule has 0 bridgehead atoms. The normalized spacial score (nSPS) is 17.4. The van der Waals surface area contributed by atoms with Gasteiger partial charge in [-0.05, 0) is 66.6 Å². The molecule has 1 amide bonds. The number of fused-ring (bicyclic) bond motifs is 1. The number of nitrogens with zero attached hydrogens (tertiary/aromatic N) is 2. The fourth-order valence-corrected chi connectivity index (χ4v) is 4.41. The third-order valence-electron chi connectivity index (χ3n) is 5.76. The molecule has 2 heterocycles. The summed E-state index contributed by atoms with van der Waals surface area (Å²) in [5.74, 6) is 0.123. The average molecular weight is 408 g/mol. The molecule has 29 heavy (non-hydrogen) atoms. The van der Waals surface area contributed by atoms with Crippen LogP contribution in [-0.4, -0.2) is 49.8 Å². The van der Waals surface area contributed by atoms with Gasteiger partial charge in [0.15, 0.2) is 0 Å². The van der Waals surface area contributed by atoms with Gasteiger partial charge in [0.05, 0.1) is 0 Å². The lowest BCUT2D eigenvalue weighted by molar-refractivity contribution is -0.116. The van der Waals surface area contributed by atoms with Gasteiger partial charge in [0, 0.05) is 55.4 Å². The molecule has 0 radical (unpaired) electrons. The Labute approximate surface area is 178 Å². The maximum atomic E-state index is 11.5. The average Bonchev–Trinajstić information content (AvgIpc) is 2.77. The highest BCUT2D eigenvalue weighted by Gasteiger charge is 2.16. The maximum absolute atomic E-state index is 11.5. The molecule has 1 saturated heterocycles. The predicted octanol–water partition coefficient (Wildman–Crippen LogP) is 4.52. The Hall–Kier alpha value is -2.24. The van der Waals surface area contributed by atoms with Crippen molar-refractivity contribution in [1.82, 2.24) is 4.90 Å². The lowest BCUT2D eigenvalue weighted by Crippen LogP contribution is -2.46. The van der Waals surface area contributed by atoms with Gasteiger partial charge in [-0.15, -0.1) is 11.8 Å². The molecule has 2 aromatic carbocycles. The molecule has 2 aromatic rings. The smallest absolute Gasteiger partial charge is 0.224 e. The van der Waals surface area contributed by atoms with Gasteiger partial charge in [0.25, 0.3) is 0 Å². The fourth-order valence-electron chi connectivity index (χ4n) is 4.01. The molecule has 2 aliphatic rings. The largest absolute Gasteiger partial charge is 0.369 e. The Kier molecular flexibility index (Phi) is 6.57. The quantitative estimate of drug-likeness (QED) is 0.714. The highest BCUT2D eigenvalue weighted by Crippen LogP contribution is 2.24. The zero-order valence-corrected chi connectivity index (χ0v) is 17.9. The van der Waals surface area contributed by atoms with Crippen molar-refractivity contribution in [3.05, 3.63) is 59.7 Å². The van der Waals surface area contributed by atoms with Gasteiger partial charge in [0.2, 0.25) is 5.91 Å². The van der Waals surface area contributed by atoms with Crippen LogP contribution in [0.25, 0.3) is 6.08 Å². The van der Waals surface area contributed by atoms with Crippen molar-refractivity contribution < 1.29 is 4.79 Å². The van der Waals surface area contributed by atoms with Gasteiger partial charge >= 0.3 is 0 Å². The Morgan fingerprint density at radius 3 is 2.59 bits per heavy atom. The molecule has 0 aliphatic carbocycles. The van der Waals surface area contributed by atoms with Crippen molar-refractivity contribution in [1.29, 1.82) is 0 Å². The molecule has 4 nitrogen and oxygen atoms in total. The number of benzene rings is 2. The monoisotopic (exact) mass is 407 g/mol. The molecule has 0 aromatic heterocycles. The van der Waals surface area contributed by atoms with Crippen molar-refractivity contribution >= 4 is 35.1 Å². The van der Waals surface area contributed by atoms with Crippen LogP contribution in [0.15, 0.2) is 53.4 Å². The molecule has 0 atom stereocenters. The number of anilines is 2. The number of rotatable bonds is 6. The topological polar surface area (TPSA) is 35.6 Å². The van der Waals surface area contributed by atoms with E-state index in [4.69, 9.17) is 0 Å². The summed E-state index contributed by atoms with van der Waals surface area (Å²) in [5.41, 5.74) is 4.78. The molecule has 0 spiro atoms. The number of piperazine rings is 1. The van der Waals surface area contributed by atoms with Crippen LogP contribution in [0.5, 0.6) is 0 Å². The van der Waals surface area contributed by atoms with Crippen molar-refractivity contribution in [2.24, 2.45) is 0 Å². The highest BCUT2D eigenvalue weighted by molar-refractivity contribution is 7.98. The summed E-state index contributed by atoms with van der Waals surface area (Å²) in [6, 6.07) is 15.2. The van der Waals surface area contributed by atoms with Crippen molar-refractivity contribution in [2.75, 3.05) is 49.2 Å². The first kappa shape index (κ1) is 20.0. The molecule has 4 rings (SSSR count). The number of amides is 1. The van der Waals surface area contributed by atoms with Gasteiger partial charge in [-0.2, -0.15) is 0 Å². The number of hydrogen-bond donors (Lipinski definition) is 1. The van der Waals surface area contributed by atoms with E-state index in [0.717, 1.165) is 51.3 Å². The van der Waals surface area contributed by atoms with Crippen LogP contribution in [0.3, 0.4) is 0 Å². The summed E-state index contributed by atoms with van der Waals surface area (Å²) in [5, 5.41) is 2.94. The molecule has 5 heteroatoms. The SMILES string of the molecule is CSc1ccc(N2CCN(CCC=Cc3ccc4c(c3)CCC(=O)N4)CC2)cc1. The molecule has 0 unspecified atom stereocenters. The Balaban J connectivity index is 1.22. The van der Waals surface area contributed by atoms with E-state index in [1.54, 1.807) is 11.8 Å². The van der Waals surface area contributed by atoms with Gasteiger partial charge in [-0.1, -0.05) is 18.2 Å². The third kappa shape index (κ3) is 5.22. The molecule has 1 fully saturated rings. The van der Waals surface area contributed by atoms with Crippen LogP contribution < -0.4 is 10.2 Å². The summed E-state index contributed by atoms with van der Waals surface area (Å²) in [6.45, 7) is 5.54. The Bertz CT molecular complexity index is 870. The van der Waals surface area contributed by atoms with Crippen LogP contribution in [-0.2, 0) is 11.2 Å². The lowest BCUT2D eigenvalue weighted by Gasteiger charge is -2.36. The zero-order valence-electron chi connectivity index (χ0n) is 17.1. The van der Waals surface area contributed by atoms with E-state index in [1.165, 1.54) is 21.7 Å². The predicted molar refractivity (Wildman–Crippen MR) is 124 cm³/mol. The van der Waals surface area contributed by atoms with Gasteiger partial charge in [0.1, 0.15) is 0 Å². The number of hydrogen-bond acceptors (Lipinski definition) is 4. The number of carbonyl (C=O) groups excluding carboxylic acids is 1. The maximum Gasteiger partial charge on any atom is 0.224 e. The Morgan fingerprint density at radius 2 is 1.83 bits per heavy atom. The summed E-state index contributed by atoms with van der Waals surface area (Å²) >= 11 is 1.79. The van der Waals surface area contributed by atoms with Crippen LogP contribution in [0.2, 0.25) is 0 Å². The van der Waals surface area contributed by atoms with Gasteiger partial charge in [-0.25, -0.2) is 0 Å². The molecule has 152 valence electrons. The zero-order chi connectivity index (χ0) is 20.1. The minimum absolute atomic E-state index is 0.123. The van der Waals surface area contributed by atoms with Crippen LogP contribution in [0.4, 0.5) is 11.4 Å². The summed E-state index contributed by atoms with van der Waals surface area (Å²) in [6.07, 6.45) is 9.10. The lowest BCUT2D eigenvalue weighted by atomic mass is 10.00. The first-order chi connectivity index (χ1) is 14.2. The van der Waals surface area contributed by atoms with E-state index in [1.807, 2.05) is 6.07 Å². The second-order valence-corrected chi connectivity index (χ2v) is 8.56. The van der Waals surface area contributed by atoms with Crippen LogP contribution in [0.1, 0.15) is 24.0 Å². The van der Waals surface area contributed by atoms with E-state index in [2.05, 4.69) is 69.9 Å². The Morgan fingerprint density at radius 1 is 1.03 bits per heavy atom. The third-order valence-corrected chi connectivity index (χ3v) is 6.50. The van der Waals surface area contributed by atoms with E-state index < -0.39 is 0 Å². The van der Waals surface area contributed by atoms with Crippen LogP contribution in [0, 0.1) is 0 Å². The highest BCUT2D eigenvalue weighted by atomic mass is 32.2. The van der Waals surface area contributed by atoms with E-state index in [9.17, 15) is 4.79 Å². The second kappa shape index (κ2) is 9.51. The van der Waals surface area contributed by atoms with Crippen LogP contribution >= 0.6 is 11.8 Å². The fraction of sp³-hybridized carbons (Fsp3) is 0.375. The number of thioether (sulfide) groups is 1. The molecule has 1 N–H and O–H groups in total. The molecular formula is C24H29N3OS. The minimum Gasteiger partial charge on any atom is -0.369 e. The van der Waals surface area contributed by atoms with E-state index in [-0.39, 0.29) is 5.91 Å². The second-order valence-electron chi connectivity index (χ2n) is 7.68. The first-order valence-electron chi connectivity index (χ1n) is 10.4. The van der Waals surface area contributed by atoms with Crippen molar-refractivity contribution in [2.45, 2.75) is 24.2 Å².